The second-order valence-corrected chi connectivity index (χ2v) is 13.1. The van der Waals surface area contributed by atoms with Gasteiger partial charge in [0.25, 0.3) is 10.0 Å². The van der Waals surface area contributed by atoms with E-state index in [1.807, 2.05) is 75.4 Å². The lowest BCUT2D eigenvalue weighted by atomic mass is 10.0. The zero-order valence-electron chi connectivity index (χ0n) is 25.2. The van der Waals surface area contributed by atoms with E-state index in [2.05, 4.69) is 5.32 Å². The molecular formula is C35H38ClN3O4S. The van der Waals surface area contributed by atoms with Crippen molar-refractivity contribution < 1.29 is 18.0 Å². The van der Waals surface area contributed by atoms with Crippen LogP contribution in [0.2, 0.25) is 5.02 Å². The van der Waals surface area contributed by atoms with Gasteiger partial charge in [-0.1, -0.05) is 109 Å². The third-order valence-corrected chi connectivity index (χ3v) is 9.53. The summed E-state index contributed by atoms with van der Waals surface area (Å²) in [4.78, 5) is 29.9. The van der Waals surface area contributed by atoms with Crippen molar-refractivity contribution in [3.63, 3.8) is 0 Å². The van der Waals surface area contributed by atoms with Crippen LogP contribution < -0.4 is 9.62 Å². The van der Waals surface area contributed by atoms with Crippen LogP contribution in [-0.4, -0.2) is 43.8 Å². The van der Waals surface area contributed by atoms with Crippen LogP contribution in [0.5, 0.6) is 0 Å². The molecule has 0 unspecified atom stereocenters. The van der Waals surface area contributed by atoms with Crippen molar-refractivity contribution in [1.29, 1.82) is 0 Å². The van der Waals surface area contributed by atoms with Gasteiger partial charge in [-0.3, -0.25) is 13.9 Å². The summed E-state index contributed by atoms with van der Waals surface area (Å²) in [5, 5.41) is 3.23. The van der Waals surface area contributed by atoms with E-state index in [1.165, 1.54) is 17.0 Å². The van der Waals surface area contributed by atoms with E-state index in [9.17, 15) is 18.0 Å². The SMILES string of the molecule is CC[C@H](C)NC(=O)[C@H](Cc1ccccc1)N(Cc1cccc(C)c1)C(=O)CN(c1ccccc1Cl)S(=O)(=O)c1ccccc1. The molecule has 0 saturated carbocycles. The molecule has 0 aliphatic carbocycles. The molecule has 2 atom stereocenters. The average Bonchev–Trinajstić information content (AvgIpc) is 3.02. The summed E-state index contributed by atoms with van der Waals surface area (Å²) >= 11 is 6.52. The molecule has 230 valence electrons. The number of carbonyl (C=O) groups excluding carboxylic acids is 2. The first-order valence-corrected chi connectivity index (χ1v) is 16.4. The smallest absolute Gasteiger partial charge is 0.264 e. The second kappa shape index (κ2) is 15.0. The maximum atomic E-state index is 14.5. The Bertz CT molecular complexity index is 1670. The minimum atomic E-state index is -4.21. The number of benzene rings is 4. The highest BCUT2D eigenvalue weighted by Gasteiger charge is 2.35. The van der Waals surface area contributed by atoms with Crippen LogP contribution in [0.1, 0.15) is 37.0 Å². The molecule has 0 aliphatic rings. The minimum absolute atomic E-state index is 0.0216. The van der Waals surface area contributed by atoms with Crippen LogP contribution in [0.15, 0.2) is 114 Å². The van der Waals surface area contributed by atoms with Crippen molar-refractivity contribution in [2.24, 2.45) is 0 Å². The Kier molecular flexibility index (Phi) is 11.2. The summed E-state index contributed by atoms with van der Waals surface area (Å²) < 4.78 is 29.1. The van der Waals surface area contributed by atoms with E-state index in [-0.39, 0.29) is 40.5 Å². The standard InChI is InChI=1S/C35H38ClN3O4S/c1-4-27(3)37-35(41)33(23-28-15-7-5-8-16-28)38(24-29-17-13-14-26(2)22-29)34(40)25-39(32-21-12-11-20-31(32)36)44(42,43)30-18-9-6-10-19-30/h5-22,27,33H,4,23-25H2,1-3H3,(H,37,41)/t27-,33-/m0/s1. The zero-order valence-corrected chi connectivity index (χ0v) is 26.8. The van der Waals surface area contributed by atoms with Gasteiger partial charge in [0.2, 0.25) is 11.8 Å². The van der Waals surface area contributed by atoms with Gasteiger partial charge in [-0.15, -0.1) is 0 Å². The van der Waals surface area contributed by atoms with Gasteiger partial charge in [0.15, 0.2) is 0 Å². The quantitative estimate of drug-likeness (QED) is 0.185. The number of aryl methyl sites for hydroxylation is 1. The normalized spacial score (nSPS) is 12.6. The predicted molar refractivity (Wildman–Crippen MR) is 176 cm³/mol. The third-order valence-electron chi connectivity index (χ3n) is 7.44. The lowest BCUT2D eigenvalue weighted by Crippen LogP contribution is -2.54. The Morgan fingerprint density at radius 3 is 2.09 bits per heavy atom. The largest absolute Gasteiger partial charge is 0.352 e. The molecule has 0 fully saturated rings. The molecule has 0 aliphatic heterocycles. The van der Waals surface area contributed by atoms with Crippen LogP contribution in [0, 0.1) is 6.92 Å². The van der Waals surface area contributed by atoms with Gasteiger partial charge in [0.1, 0.15) is 12.6 Å². The van der Waals surface area contributed by atoms with Crippen LogP contribution in [-0.2, 0) is 32.6 Å². The number of sulfonamides is 1. The molecular weight excluding hydrogens is 594 g/mol. The number of carbonyl (C=O) groups is 2. The maximum Gasteiger partial charge on any atom is 0.264 e. The Balaban J connectivity index is 1.81. The molecule has 4 aromatic carbocycles. The number of nitrogens with zero attached hydrogens (tertiary/aromatic N) is 2. The number of hydrogen-bond acceptors (Lipinski definition) is 4. The first-order valence-electron chi connectivity index (χ1n) is 14.6. The molecule has 0 heterocycles. The minimum Gasteiger partial charge on any atom is -0.352 e. The Morgan fingerprint density at radius 1 is 0.841 bits per heavy atom. The first kappa shape index (κ1) is 32.8. The molecule has 9 heteroatoms. The zero-order chi connectivity index (χ0) is 31.7. The van der Waals surface area contributed by atoms with Crippen molar-refractivity contribution in [3.05, 3.63) is 131 Å². The molecule has 0 spiro atoms. The molecule has 7 nitrogen and oxygen atoms in total. The van der Waals surface area contributed by atoms with E-state index in [0.29, 0.717) is 6.42 Å². The van der Waals surface area contributed by atoms with E-state index in [4.69, 9.17) is 11.6 Å². The van der Waals surface area contributed by atoms with Gasteiger partial charge in [-0.05, 0) is 55.7 Å². The monoisotopic (exact) mass is 631 g/mol. The fourth-order valence-electron chi connectivity index (χ4n) is 4.89. The third kappa shape index (κ3) is 8.27. The van der Waals surface area contributed by atoms with Crippen LogP contribution >= 0.6 is 11.6 Å². The summed E-state index contributed by atoms with van der Waals surface area (Å²) in [5.41, 5.74) is 2.87. The Hall–Kier alpha value is -4.14. The summed E-state index contributed by atoms with van der Waals surface area (Å²) in [7, 11) is -4.21. The molecule has 0 radical (unpaired) electrons. The van der Waals surface area contributed by atoms with Crippen LogP contribution in [0.4, 0.5) is 5.69 Å². The van der Waals surface area contributed by atoms with Gasteiger partial charge >= 0.3 is 0 Å². The number of hydrogen-bond donors (Lipinski definition) is 1. The van der Waals surface area contributed by atoms with E-state index in [1.54, 1.807) is 42.5 Å². The lowest BCUT2D eigenvalue weighted by molar-refractivity contribution is -0.140. The molecule has 0 saturated heterocycles. The summed E-state index contributed by atoms with van der Waals surface area (Å²) in [5.74, 6) is -0.842. The number of anilines is 1. The topological polar surface area (TPSA) is 86.8 Å². The second-order valence-electron chi connectivity index (χ2n) is 10.8. The van der Waals surface area contributed by atoms with Gasteiger partial charge in [0, 0.05) is 19.0 Å². The molecule has 2 amide bonds. The van der Waals surface area contributed by atoms with Crippen molar-refractivity contribution in [2.45, 2.75) is 57.1 Å². The molecule has 4 rings (SSSR count). The van der Waals surface area contributed by atoms with E-state index in [0.717, 1.165) is 21.0 Å². The van der Waals surface area contributed by atoms with Crippen molar-refractivity contribution in [1.82, 2.24) is 10.2 Å². The molecule has 44 heavy (non-hydrogen) atoms. The Labute approximate surface area is 265 Å². The van der Waals surface area contributed by atoms with Crippen LogP contribution in [0.3, 0.4) is 0 Å². The number of halogens is 1. The number of para-hydroxylation sites is 1. The fraction of sp³-hybridized carbons (Fsp3) is 0.257. The predicted octanol–water partition coefficient (Wildman–Crippen LogP) is 6.40. The van der Waals surface area contributed by atoms with Crippen molar-refractivity contribution in [2.75, 3.05) is 10.8 Å². The van der Waals surface area contributed by atoms with Gasteiger partial charge in [0.05, 0.1) is 15.6 Å². The highest BCUT2D eigenvalue weighted by Crippen LogP contribution is 2.31. The summed E-state index contributed by atoms with van der Waals surface area (Å²) in [6, 6.07) is 30.6. The highest BCUT2D eigenvalue weighted by atomic mass is 35.5. The maximum absolute atomic E-state index is 14.5. The van der Waals surface area contributed by atoms with Crippen molar-refractivity contribution in [3.8, 4) is 0 Å². The summed E-state index contributed by atoms with van der Waals surface area (Å²) in [6.45, 7) is 5.39. The van der Waals surface area contributed by atoms with Gasteiger partial charge in [-0.25, -0.2) is 8.42 Å². The Morgan fingerprint density at radius 2 is 1.45 bits per heavy atom. The van der Waals surface area contributed by atoms with E-state index >= 15 is 0 Å². The number of nitrogens with one attached hydrogen (secondary N) is 1. The molecule has 1 N–H and O–H groups in total. The number of amides is 2. The van der Waals surface area contributed by atoms with Crippen molar-refractivity contribution >= 4 is 39.1 Å². The van der Waals surface area contributed by atoms with Crippen LogP contribution in [0.25, 0.3) is 0 Å². The summed E-state index contributed by atoms with van der Waals surface area (Å²) in [6.07, 6.45) is 0.962. The fourth-order valence-corrected chi connectivity index (χ4v) is 6.63. The molecule has 4 aromatic rings. The number of rotatable bonds is 13. The highest BCUT2D eigenvalue weighted by molar-refractivity contribution is 7.92. The first-order chi connectivity index (χ1) is 21.1. The molecule has 0 aromatic heterocycles. The molecule has 0 bridgehead atoms. The lowest BCUT2D eigenvalue weighted by Gasteiger charge is -2.34. The van der Waals surface area contributed by atoms with Gasteiger partial charge in [-0.2, -0.15) is 0 Å². The van der Waals surface area contributed by atoms with Gasteiger partial charge < -0.3 is 10.2 Å². The van der Waals surface area contributed by atoms with E-state index < -0.39 is 28.5 Å². The average molecular weight is 632 g/mol.